The van der Waals surface area contributed by atoms with E-state index in [0.29, 0.717) is 12.3 Å². The Morgan fingerprint density at radius 1 is 1.10 bits per heavy atom. The zero-order valence-electron chi connectivity index (χ0n) is 11.3. The minimum absolute atomic E-state index is 0.427. The van der Waals surface area contributed by atoms with Gasteiger partial charge in [0.25, 0.3) is 0 Å². The number of nitrogens with zero attached hydrogens (tertiary/aromatic N) is 2. The second-order valence-corrected chi connectivity index (χ2v) is 5.09. The van der Waals surface area contributed by atoms with E-state index in [1.165, 1.54) is 30.4 Å². The second kappa shape index (κ2) is 5.75. The first-order valence-electron chi connectivity index (χ1n) is 6.95. The zero-order chi connectivity index (χ0) is 13.8. The number of hydrogen-bond acceptors (Lipinski definition) is 3. The van der Waals surface area contributed by atoms with Crippen molar-refractivity contribution in [1.29, 1.82) is 5.26 Å². The summed E-state index contributed by atoms with van der Waals surface area (Å²) in [5.41, 5.74) is 4.27. The SMILES string of the molecule is N#Cc1cc(COc2ccc3c(c2)CCCC3)ccn1. The molecule has 0 fully saturated rings. The highest BCUT2D eigenvalue weighted by Crippen LogP contribution is 2.25. The Morgan fingerprint density at radius 3 is 2.80 bits per heavy atom. The maximum Gasteiger partial charge on any atom is 0.140 e. The second-order valence-electron chi connectivity index (χ2n) is 5.09. The summed E-state index contributed by atoms with van der Waals surface area (Å²) in [7, 11) is 0. The number of pyridine rings is 1. The molecule has 1 heterocycles. The topological polar surface area (TPSA) is 45.9 Å². The van der Waals surface area contributed by atoms with E-state index in [2.05, 4.69) is 17.1 Å². The van der Waals surface area contributed by atoms with Gasteiger partial charge in [-0.05, 0) is 66.6 Å². The standard InChI is InChI=1S/C17H16N2O/c18-11-16-9-13(7-8-19-16)12-20-17-6-5-14-3-1-2-4-15(14)10-17/h5-10H,1-4,12H2. The van der Waals surface area contributed by atoms with Crippen LogP contribution >= 0.6 is 0 Å². The van der Waals surface area contributed by atoms with Crippen molar-refractivity contribution in [3.8, 4) is 11.8 Å². The summed E-state index contributed by atoms with van der Waals surface area (Å²) >= 11 is 0. The van der Waals surface area contributed by atoms with Crippen LogP contribution in [0.15, 0.2) is 36.5 Å². The molecule has 1 aliphatic carbocycles. The molecule has 0 N–H and O–H groups in total. The molecule has 0 saturated carbocycles. The van der Waals surface area contributed by atoms with E-state index in [-0.39, 0.29) is 0 Å². The van der Waals surface area contributed by atoms with Gasteiger partial charge in [0.05, 0.1) is 0 Å². The van der Waals surface area contributed by atoms with Crippen molar-refractivity contribution in [1.82, 2.24) is 4.98 Å². The number of fused-ring (bicyclic) bond motifs is 1. The predicted molar refractivity (Wildman–Crippen MR) is 76.4 cm³/mol. The van der Waals surface area contributed by atoms with Crippen LogP contribution in [0.1, 0.15) is 35.2 Å². The maximum atomic E-state index is 8.83. The van der Waals surface area contributed by atoms with Crippen LogP contribution in [-0.4, -0.2) is 4.98 Å². The fourth-order valence-electron chi connectivity index (χ4n) is 2.59. The molecule has 0 saturated heterocycles. The normalized spacial score (nSPS) is 13.3. The summed E-state index contributed by atoms with van der Waals surface area (Å²) in [4.78, 5) is 3.95. The Kier molecular flexibility index (Phi) is 3.64. The van der Waals surface area contributed by atoms with Gasteiger partial charge in [-0.15, -0.1) is 0 Å². The van der Waals surface area contributed by atoms with Crippen molar-refractivity contribution in [2.75, 3.05) is 0 Å². The molecule has 1 aliphatic rings. The highest BCUT2D eigenvalue weighted by Gasteiger charge is 2.09. The summed E-state index contributed by atoms with van der Waals surface area (Å²) in [6, 6.07) is 12.0. The van der Waals surface area contributed by atoms with Gasteiger partial charge in [0.1, 0.15) is 24.1 Å². The van der Waals surface area contributed by atoms with Crippen molar-refractivity contribution in [3.63, 3.8) is 0 Å². The summed E-state index contributed by atoms with van der Waals surface area (Å²) in [5, 5.41) is 8.83. The smallest absolute Gasteiger partial charge is 0.140 e. The average Bonchev–Trinajstić information content (AvgIpc) is 2.53. The molecule has 1 aromatic heterocycles. The lowest BCUT2D eigenvalue weighted by atomic mass is 9.92. The van der Waals surface area contributed by atoms with Crippen molar-refractivity contribution in [2.24, 2.45) is 0 Å². The van der Waals surface area contributed by atoms with Crippen LogP contribution in [-0.2, 0) is 19.4 Å². The molecule has 2 aromatic rings. The van der Waals surface area contributed by atoms with Crippen LogP contribution < -0.4 is 4.74 Å². The van der Waals surface area contributed by atoms with Crippen LogP contribution in [0.25, 0.3) is 0 Å². The van der Waals surface area contributed by atoms with Crippen LogP contribution in [0, 0.1) is 11.3 Å². The van der Waals surface area contributed by atoms with E-state index in [0.717, 1.165) is 17.7 Å². The van der Waals surface area contributed by atoms with Crippen LogP contribution in [0.3, 0.4) is 0 Å². The number of benzene rings is 1. The van der Waals surface area contributed by atoms with Gasteiger partial charge in [0.15, 0.2) is 0 Å². The van der Waals surface area contributed by atoms with E-state index in [4.69, 9.17) is 10.00 Å². The van der Waals surface area contributed by atoms with Gasteiger partial charge in [-0.25, -0.2) is 4.98 Å². The fourth-order valence-corrected chi connectivity index (χ4v) is 2.59. The van der Waals surface area contributed by atoms with Gasteiger partial charge in [-0.2, -0.15) is 5.26 Å². The molecule has 100 valence electrons. The van der Waals surface area contributed by atoms with Crippen molar-refractivity contribution < 1.29 is 4.74 Å². The minimum atomic E-state index is 0.427. The van der Waals surface area contributed by atoms with Crippen LogP contribution in [0.4, 0.5) is 0 Å². The molecule has 0 bridgehead atoms. The molecule has 3 nitrogen and oxygen atoms in total. The Labute approximate surface area is 118 Å². The monoisotopic (exact) mass is 264 g/mol. The van der Waals surface area contributed by atoms with Crippen molar-refractivity contribution in [3.05, 3.63) is 58.9 Å². The molecule has 0 atom stereocenters. The van der Waals surface area contributed by atoms with E-state index >= 15 is 0 Å². The Bertz CT molecular complexity index is 658. The fraction of sp³-hybridized carbons (Fsp3) is 0.294. The lowest BCUT2D eigenvalue weighted by molar-refractivity contribution is 0.305. The van der Waals surface area contributed by atoms with Gasteiger partial charge >= 0.3 is 0 Å². The van der Waals surface area contributed by atoms with E-state index in [9.17, 15) is 0 Å². The molecule has 3 rings (SSSR count). The lowest BCUT2D eigenvalue weighted by Gasteiger charge is -2.16. The highest BCUT2D eigenvalue weighted by atomic mass is 16.5. The maximum absolute atomic E-state index is 8.83. The summed E-state index contributed by atoms with van der Waals surface area (Å²) in [5.74, 6) is 0.904. The average molecular weight is 264 g/mol. The van der Waals surface area contributed by atoms with Gasteiger partial charge in [0, 0.05) is 6.20 Å². The number of aryl methyl sites for hydroxylation is 2. The van der Waals surface area contributed by atoms with Crippen molar-refractivity contribution in [2.45, 2.75) is 32.3 Å². The molecular weight excluding hydrogens is 248 g/mol. The lowest BCUT2D eigenvalue weighted by Crippen LogP contribution is -2.03. The minimum Gasteiger partial charge on any atom is -0.489 e. The number of rotatable bonds is 3. The molecule has 3 heteroatoms. The highest BCUT2D eigenvalue weighted by molar-refractivity contribution is 5.37. The summed E-state index contributed by atoms with van der Waals surface area (Å²) in [6.07, 6.45) is 6.55. The van der Waals surface area contributed by atoms with Crippen LogP contribution in [0.5, 0.6) is 5.75 Å². The molecule has 0 amide bonds. The van der Waals surface area contributed by atoms with Gasteiger partial charge < -0.3 is 4.74 Å². The third-order valence-electron chi connectivity index (χ3n) is 3.66. The first-order chi connectivity index (χ1) is 9.85. The van der Waals surface area contributed by atoms with Crippen molar-refractivity contribution >= 4 is 0 Å². The number of ether oxygens (including phenoxy) is 1. The van der Waals surface area contributed by atoms with Crippen LogP contribution in [0.2, 0.25) is 0 Å². The molecule has 20 heavy (non-hydrogen) atoms. The predicted octanol–water partition coefficient (Wildman–Crippen LogP) is 3.41. The largest absolute Gasteiger partial charge is 0.489 e. The van der Waals surface area contributed by atoms with E-state index < -0.39 is 0 Å². The number of aromatic nitrogens is 1. The zero-order valence-corrected chi connectivity index (χ0v) is 11.3. The van der Waals surface area contributed by atoms with E-state index in [1.807, 2.05) is 18.2 Å². The van der Waals surface area contributed by atoms with E-state index in [1.54, 1.807) is 12.3 Å². The number of hydrogen-bond donors (Lipinski definition) is 0. The molecular formula is C17H16N2O. The van der Waals surface area contributed by atoms with Gasteiger partial charge in [-0.1, -0.05) is 6.07 Å². The Morgan fingerprint density at radius 2 is 1.95 bits per heavy atom. The summed E-state index contributed by atoms with van der Waals surface area (Å²) in [6.45, 7) is 0.468. The molecule has 0 unspecified atom stereocenters. The molecule has 0 aliphatic heterocycles. The Hall–Kier alpha value is -2.34. The first-order valence-corrected chi connectivity index (χ1v) is 6.95. The third-order valence-corrected chi connectivity index (χ3v) is 3.66. The number of nitriles is 1. The van der Waals surface area contributed by atoms with Gasteiger partial charge in [-0.3, -0.25) is 0 Å². The quantitative estimate of drug-likeness (QED) is 0.853. The first kappa shape index (κ1) is 12.7. The molecule has 0 radical (unpaired) electrons. The third kappa shape index (κ3) is 2.80. The Balaban J connectivity index is 1.70. The van der Waals surface area contributed by atoms with Gasteiger partial charge in [0.2, 0.25) is 0 Å². The summed E-state index contributed by atoms with van der Waals surface area (Å²) < 4.78 is 5.82. The molecule has 1 aromatic carbocycles. The molecule has 0 spiro atoms.